The molecule has 2 saturated carbocycles. The van der Waals surface area contributed by atoms with Crippen molar-refractivity contribution < 1.29 is 33.6 Å². The van der Waals surface area contributed by atoms with E-state index < -0.39 is 0 Å². The van der Waals surface area contributed by atoms with Gasteiger partial charge in [-0.25, -0.2) is 0 Å². The summed E-state index contributed by atoms with van der Waals surface area (Å²) >= 11 is 0. The van der Waals surface area contributed by atoms with E-state index in [2.05, 4.69) is 120 Å². The number of nitrogens with one attached hydrogen (secondary N) is 2. The van der Waals surface area contributed by atoms with Gasteiger partial charge in [0, 0.05) is 24.4 Å². The Bertz CT molecular complexity index is 2540. The van der Waals surface area contributed by atoms with E-state index in [1.165, 1.54) is 75.3 Å². The summed E-state index contributed by atoms with van der Waals surface area (Å²) in [6, 6.07) is 48.5. The Morgan fingerprint density at radius 1 is 0.463 bits per heavy atom. The molecule has 0 saturated heterocycles. The highest BCUT2D eigenvalue weighted by molar-refractivity contribution is 5.97. The molecule has 2 unspecified atom stereocenters. The van der Waals surface area contributed by atoms with Crippen LogP contribution in [-0.2, 0) is 33.3 Å². The molecule has 9 heteroatoms. The van der Waals surface area contributed by atoms with Crippen LogP contribution in [0.15, 0.2) is 146 Å². The predicted molar refractivity (Wildman–Crippen MR) is 328 cm³/mol. The number of carbonyl (C=O) groups is 2. The van der Waals surface area contributed by atoms with Gasteiger partial charge in [-0.1, -0.05) is 166 Å². The molecule has 2 aliphatic rings. The zero-order chi connectivity index (χ0) is 56.7. The second kappa shape index (κ2) is 30.9. The van der Waals surface area contributed by atoms with Gasteiger partial charge in [0.2, 0.25) is 11.8 Å². The summed E-state index contributed by atoms with van der Waals surface area (Å²) in [4.78, 5) is 27.4. The zero-order valence-corrected chi connectivity index (χ0v) is 49.2. The molecule has 0 heterocycles. The van der Waals surface area contributed by atoms with Crippen molar-refractivity contribution in [3.63, 3.8) is 0 Å². The molecule has 2 aliphatic carbocycles. The van der Waals surface area contributed by atoms with Crippen molar-refractivity contribution in [2.75, 3.05) is 43.7 Å². The Hall–Kier alpha value is -6.58. The van der Waals surface area contributed by atoms with Gasteiger partial charge in [0.25, 0.3) is 0 Å². The molecule has 2 amide bonds. The number of benzene rings is 6. The first kappa shape index (κ1) is 61.0. The summed E-state index contributed by atoms with van der Waals surface area (Å²) in [6.07, 6.45) is 16.9. The maximum Gasteiger partial charge on any atom is 0.232 e. The van der Waals surface area contributed by atoms with Gasteiger partial charge in [-0.3, -0.25) is 9.59 Å². The lowest BCUT2D eigenvalue weighted by molar-refractivity contribution is -0.118. The van der Waals surface area contributed by atoms with Crippen LogP contribution in [0.5, 0.6) is 23.0 Å². The summed E-state index contributed by atoms with van der Waals surface area (Å²) in [6.45, 7) is 18.2. The molecule has 2 fully saturated rings. The lowest BCUT2D eigenvalue weighted by Gasteiger charge is -2.22. The Morgan fingerprint density at radius 3 is 1.14 bits per heavy atom. The summed E-state index contributed by atoms with van der Waals surface area (Å²) in [7, 11) is 0. The average Bonchev–Trinajstić information content (AvgIpc) is 3.47. The van der Waals surface area contributed by atoms with Gasteiger partial charge in [-0.2, -0.15) is 0 Å². The van der Waals surface area contributed by atoms with Crippen molar-refractivity contribution in [2.45, 2.75) is 167 Å². The van der Waals surface area contributed by atoms with Gasteiger partial charge in [0.05, 0.1) is 38.3 Å². The van der Waals surface area contributed by atoms with Crippen molar-refractivity contribution >= 4 is 23.2 Å². The third-order valence-corrected chi connectivity index (χ3v) is 15.7. The molecule has 3 N–H and O–H groups in total. The average molecular weight is 1090 g/mol. The number of amides is 2. The van der Waals surface area contributed by atoms with Gasteiger partial charge in [-0.05, 0) is 174 Å². The fourth-order valence-electron chi connectivity index (χ4n) is 10.5. The first-order chi connectivity index (χ1) is 38.6. The lowest BCUT2D eigenvalue weighted by Crippen LogP contribution is -2.23. The normalized spacial score (nSPS) is 14.9. The summed E-state index contributed by atoms with van der Waals surface area (Å²) in [5.74, 6) is 3.94. The quantitative estimate of drug-likeness (QED) is 0.0517. The third kappa shape index (κ3) is 19.9. The molecule has 0 aliphatic heterocycles. The van der Waals surface area contributed by atoms with E-state index >= 15 is 0 Å². The van der Waals surface area contributed by atoms with Crippen LogP contribution in [0.4, 0.5) is 11.4 Å². The summed E-state index contributed by atoms with van der Waals surface area (Å²) in [5, 5.41) is 15.3. The first-order valence-corrected chi connectivity index (χ1v) is 30.0. The number of hydrogen-bond donors (Lipinski definition) is 3. The van der Waals surface area contributed by atoms with E-state index in [0.29, 0.717) is 37.7 Å². The fourth-order valence-corrected chi connectivity index (χ4v) is 10.5. The van der Waals surface area contributed by atoms with Crippen LogP contribution >= 0.6 is 0 Å². The second-order valence-electron chi connectivity index (χ2n) is 24.3. The van der Waals surface area contributed by atoms with E-state index in [-0.39, 0.29) is 41.1 Å². The minimum absolute atomic E-state index is 0.0114. The van der Waals surface area contributed by atoms with Gasteiger partial charge < -0.3 is 34.7 Å². The molecular formula is C71H92N2O7. The highest BCUT2D eigenvalue weighted by atomic mass is 16.5. The molecule has 0 bridgehead atoms. The second-order valence-corrected chi connectivity index (χ2v) is 24.3. The number of anilines is 2. The van der Waals surface area contributed by atoms with Crippen molar-refractivity contribution in [3.05, 3.63) is 179 Å². The Balaban J connectivity index is 0.000000231. The minimum Gasteiger partial charge on any atom is -0.494 e. The third-order valence-electron chi connectivity index (χ3n) is 15.7. The lowest BCUT2D eigenvalue weighted by atomic mass is 9.84. The number of rotatable bonds is 24. The molecule has 8 rings (SSSR count). The Morgan fingerprint density at radius 2 is 0.800 bits per heavy atom. The molecule has 6 aromatic rings. The van der Waals surface area contributed by atoms with Crippen molar-refractivity contribution in [1.29, 1.82) is 0 Å². The van der Waals surface area contributed by atoms with Crippen molar-refractivity contribution in [3.8, 4) is 23.0 Å². The van der Waals surface area contributed by atoms with E-state index in [1.807, 2.05) is 84.9 Å². The van der Waals surface area contributed by atoms with Crippen molar-refractivity contribution in [1.82, 2.24) is 0 Å². The number of unbranched alkanes of at least 4 members (excludes halogenated alkanes) is 1. The highest BCUT2D eigenvalue weighted by Gasteiger charge is 2.25. The van der Waals surface area contributed by atoms with Gasteiger partial charge in [0.1, 0.15) is 23.0 Å². The Labute approximate surface area is 479 Å². The number of aliphatic hydroxyl groups excluding tert-OH is 1. The molecule has 6 aromatic carbocycles. The number of ether oxygens (including phenoxy) is 4. The molecule has 0 spiro atoms. The van der Waals surface area contributed by atoms with Crippen molar-refractivity contribution in [2.24, 2.45) is 11.8 Å². The topological polar surface area (TPSA) is 115 Å². The van der Waals surface area contributed by atoms with Gasteiger partial charge in [0.15, 0.2) is 0 Å². The van der Waals surface area contributed by atoms with E-state index in [4.69, 9.17) is 24.1 Å². The molecule has 428 valence electrons. The predicted octanol–water partition coefficient (Wildman–Crippen LogP) is 16.8. The van der Waals surface area contributed by atoms with E-state index in [1.54, 1.807) is 0 Å². The Kier molecular flexibility index (Phi) is 23.5. The standard InChI is InChI=1S/C36H47NO3.C35H45NO4/c1-5-6-24-39-32-20-12-27(13-21-32)25-34(29-14-16-30(17-15-29)36(2,3)4)35(38)37-31-18-22-33(23-19-31)40-26-28-10-8-7-9-11-28;1-35(2,3)29-14-12-28(13-15-29)33(24-26-10-18-31(19-11-26)39-23-7-22-37)34(38)36-30-16-20-32(21-17-30)40-25-27-8-5-4-6-9-27/h12-23,28,34H,5-11,24-26H2,1-4H3,(H,37,38);10-21,27,33,37H,4-9,22-25H2,1-3H3,(H,36,38). The maximum absolute atomic E-state index is 13.7. The van der Waals surface area contributed by atoms with Crippen LogP contribution in [0.3, 0.4) is 0 Å². The molecular weight excluding hydrogens is 993 g/mol. The smallest absolute Gasteiger partial charge is 0.232 e. The molecule has 0 radical (unpaired) electrons. The van der Waals surface area contributed by atoms with Gasteiger partial charge >= 0.3 is 0 Å². The molecule has 0 aromatic heterocycles. The van der Waals surface area contributed by atoms with Crippen LogP contribution in [0.25, 0.3) is 0 Å². The van der Waals surface area contributed by atoms with E-state index in [0.717, 1.165) is 89.3 Å². The van der Waals surface area contributed by atoms with Crippen LogP contribution in [0, 0.1) is 11.8 Å². The molecule has 2 atom stereocenters. The van der Waals surface area contributed by atoms with E-state index in [9.17, 15) is 9.59 Å². The van der Waals surface area contributed by atoms with Crippen LogP contribution in [0.1, 0.15) is 177 Å². The zero-order valence-electron chi connectivity index (χ0n) is 49.2. The fraction of sp³-hybridized carbons (Fsp3) is 0.465. The highest BCUT2D eigenvalue weighted by Crippen LogP contribution is 2.32. The summed E-state index contributed by atoms with van der Waals surface area (Å²) < 4.78 is 23.6. The first-order valence-electron chi connectivity index (χ1n) is 30.0. The minimum atomic E-state index is -0.350. The molecule has 9 nitrogen and oxygen atoms in total. The van der Waals surface area contributed by atoms with Crippen LogP contribution in [0.2, 0.25) is 0 Å². The largest absolute Gasteiger partial charge is 0.494 e. The number of aliphatic hydroxyl groups is 1. The van der Waals surface area contributed by atoms with Crippen LogP contribution in [-0.4, -0.2) is 50.0 Å². The summed E-state index contributed by atoms with van der Waals surface area (Å²) in [5.41, 5.74) is 8.31. The monoisotopic (exact) mass is 1080 g/mol. The maximum atomic E-state index is 13.7. The SMILES string of the molecule is CC(C)(C)c1ccc(C(Cc2ccc(OCCCO)cc2)C(=O)Nc2ccc(OCC3CCCCC3)cc2)cc1.CCCCOc1ccc(CC(C(=O)Nc2ccc(OCC3CCCCC3)cc2)c2ccc(C(C)(C)C)cc2)cc1. The van der Waals surface area contributed by atoms with Gasteiger partial charge in [-0.15, -0.1) is 0 Å². The molecule has 80 heavy (non-hydrogen) atoms. The number of hydrogen-bond acceptors (Lipinski definition) is 7. The number of carbonyl (C=O) groups excluding carboxylic acids is 2. The van der Waals surface area contributed by atoms with Crippen LogP contribution < -0.4 is 29.6 Å².